The van der Waals surface area contributed by atoms with Crippen molar-refractivity contribution in [2.24, 2.45) is 11.8 Å². The number of hydrogen-bond donors (Lipinski definition) is 1. The molecule has 1 aromatic carbocycles. The maximum absolute atomic E-state index is 13.5. The molecule has 2 atom stereocenters. The molecular weight excluding hydrogens is 242 g/mol. The van der Waals surface area contributed by atoms with Crippen LogP contribution in [-0.2, 0) is 4.79 Å². The number of carbonyl (C=O) groups is 2. The lowest BCUT2D eigenvalue weighted by Crippen LogP contribution is -2.26. The highest BCUT2D eigenvalue weighted by atomic mass is 19.1. The van der Waals surface area contributed by atoms with Gasteiger partial charge in [0, 0.05) is 5.92 Å². The Kier molecular flexibility index (Phi) is 3.41. The third-order valence-electron chi connectivity index (χ3n) is 3.36. The molecule has 1 aliphatic carbocycles. The SMILES string of the molecule is O=C(O)C1CCCC1C(=O)c1cc(F)ccc1F. The summed E-state index contributed by atoms with van der Waals surface area (Å²) in [6.07, 6.45) is 1.43. The van der Waals surface area contributed by atoms with Crippen molar-refractivity contribution in [3.63, 3.8) is 0 Å². The van der Waals surface area contributed by atoms with Gasteiger partial charge >= 0.3 is 5.97 Å². The average molecular weight is 254 g/mol. The van der Waals surface area contributed by atoms with E-state index in [0.717, 1.165) is 18.2 Å². The van der Waals surface area contributed by atoms with Gasteiger partial charge in [-0.25, -0.2) is 8.78 Å². The number of halogens is 2. The first-order valence-electron chi connectivity index (χ1n) is 5.73. The maximum Gasteiger partial charge on any atom is 0.307 e. The Bertz CT molecular complexity index is 499. The first-order chi connectivity index (χ1) is 8.50. The van der Waals surface area contributed by atoms with Gasteiger partial charge in [0.1, 0.15) is 11.6 Å². The van der Waals surface area contributed by atoms with Crippen molar-refractivity contribution in [2.75, 3.05) is 0 Å². The lowest BCUT2D eigenvalue weighted by molar-refractivity contribution is -0.142. The molecule has 1 saturated carbocycles. The molecule has 0 aliphatic heterocycles. The van der Waals surface area contributed by atoms with Crippen LogP contribution in [0, 0.1) is 23.5 Å². The Labute approximate surface area is 102 Å². The minimum atomic E-state index is -1.05. The summed E-state index contributed by atoms with van der Waals surface area (Å²) in [5.41, 5.74) is -0.354. The number of hydrogen-bond acceptors (Lipinski definition) is 2. The van der Waals surface area contributed by atoms with Crippen molar-refractivity contribution in [1.82, 2.24) is 0 Å². The summed E-state index contributed by atoms with van der Waals surface area (Å²) in [4.78, 5) is 23.0. The third kappa shape index (κ3) is 2.25. The molecule has 1 fully saturated rings. The Hall–Kier alpha value is -1.78. The van der Waals surface area contributed by atoms with E-state index >= 15 is 0 Å². The molecule has 96 valence electrons. The van der Waals surface area contributed by atoms with E-state index in [0.29, 0.717) is 19.3 Å². The van der Waals surface area contributed by atoms with Crippen molar-refractivity contribution in [3.8, 4) is 0 Å². The molecule has 0 spiro atoms. The highest BCUT2D eigenvalue weighted by Crippen LogP contribution is 2.34. The number of benzene rings is 1. The Morgan fingerprint density at radius 1 is 1.17 bits per heavy atom. The molecule has 1 aromatic rings. The van der Waals surface area contributed by atoms with E-state index in [1.807, 2.05) is 0 Å². The van der Waals surface area contributed by atoms with Gasteiger partial charge < -0.3 is 5.11 Å². The molecule has 2 rings (SSSR count). The van der Waals surface area contributed by atoms with E-state index in [1.54, 1.807) is 0 Å². The summed E-state index contributed by atoms with van der Waals surface area (Å²) >= 11 is 0. The zero-order valence-corrected chi connectivity index (χ0v) is 9.53. The van der Waals surface area contributed by atoms with Crippen molar-refractivity contribution in [1.29, 1.82) is 0 Å². The van der Waals surface area contributed by atoms with Crippen LogP contribution >= 0.6 is 0 Å². The molecule has 2 unspecified atom stereocenters. The number of ketones is 1. The van der Waals surface area contributed by atoms with Crippen LogP contribution in [0.4, 0.5) is 8.78 Å². The van der Waals surface area contributed by atoms with Gasteiger partial charge in [-0.3, -0.25) is 9.59 Å². The van der Waals surface area contributed by atoms with Gasteiger partial charge in [-0.05, 0) is 31.0 Å². The zero-order valence-electron chi connectivity index (χ0n) is 9.53. The van der Waals surface area contributed by atoms with E-state index < -0.39 is 35.2 Å². The van der Waals surface area contributed by atoms with Crippen molar-refractivity contribution < 1.29 is 23.5 Å². The second-order valence-electron chi connectivity index (χ2n) is 4.47. The zero-order chi connectivity index (χ0) is 13.3. The molecule has 0 saturated heterocycles. The van der Waals surface area contributed by atoms with Gasteiger partial charge in [0.25, 0.3) is 0 Å². The monoisotopic (exact) mass is 254 g/mol. The number of carboxylic acids is 1. The number of aliphatic carboxylic acids is 1. The molecule has 18 heavy (non-hydrogen) atoms. The van der Waals surface area contributed by atoms with Crippen molar-refractivity contribution in [2.45, 2.75) is 19.3 Å². The summed E-state index contributed by atoms with van der Waals surface area (Å²) < 4.78 is 26.5. The van der Waals surface area contributed by atoms with Gasteiger partial charge in [-0.15, -0.1) is 0 Å². The van der Waals surface area contributed by atoms with Crippen LogP contribution < -0.4 is 0 Å². The Morgan fingerprint density at radius 3 is 2.50 bits per heavy atom. The third-order valence-corrected chi connectivity index (χ3v) is 3.36. The molecule has 1 aliphatic rings. The first-order valence-corrected chi connectivity index (χ1v) is 5.73. The first kappa shape index (κ1) is 12.7. The van der Waals surface area contributed by atoms with Crippen LogP contribution in [0.5, 0.6) is 0 Å². The molecule has 0 aromatic heterocycles. The van der Waals surface area contributed by atoms with Gasteiger partial charge in [0.05, 0.1) is 11.5 Å². The van der Waals surface area contributed by atoms with Crippen LogP contribution in [0.3, 0.4) is 0 Å². The lowest BCUT2D eigenvalue weighted by Gasteiger charge is -2.14. The van der Waals surface area contributed by atoms with Crippen LogP contribution in [0.2, 0.25) is 0 Å². The maximum atomic E-state index is 13.5. The molecule has 1 N–H and O–H groups in total. The van der Waals surface area contributed by atoms with Crippen LogP contribution in [-0.4, -0.2) is 16.9 Å². The topological polar surface area (TPSA) is 54.4 Å². The molecule has 0 radical (unpaired) electrons. The molecule has 0 heterocycles. The normalized spacial score (nSPS) is 23.0. The minimum absolute atomic E-state index is 0.354. The van der Waals surface area contributed by atoms with Gasteiger partial charge in [0.15, 0.2) is 5.78 Å². The second kappa shape index (κ2) is 4.84. The van der Waals surface area contributed by atoms with Crippen molar-refractivity contribution >= 4 is 11.8 Å². The van der Waals surface area contributed by atoms with Crippen LogP contribution in [0.25, 0.3) is 0 Å². The molecule has 5 heteroatoms. The molecular formula is C13H12F2O3. The Morgan fingerprint density at radius 2 is 1.83 bits per heavy atom. The minimum Gasteiger partial charge on any atom is -0.481 e. The van der Waals surface area contributed by atoms with E-state index in [1.165, 1.54) is 0 Å². The summed E-state index contributed by atoms with van der Waals surface area (Å²) in [5, 5.41) is 8.98. The molecule has 3 nitrogen and oxygen atoms in total. The fraction of sp³-hybridized carbons (Fsp3) is 0.385. The summed E-state index contributed by atoms with van der Waals surface area (Å²) in [7, 11) is 0. The number of Topliss-reactive ketones (excluding diaryl/α,β-unsaturated/α-hetero) is 1. The summed E-state index contributed by atoms with van der Waals surface area (Å²) in [5.74, 6) is -4.72. The number of carboxylic acid groups (broad SMARTS) is 1. The van der Waals surface area contributed by atoms with E-state index in [2.05, 4.69) is 0 Å². The number of carbonyl (C=O) groups excluding carboxylic acids is 1. The molecule has 0 bridgehead atoms. The average Bonchev–Trinajstić information content (AvgIpc) is 2.80. The lowest BCUT2D eigenvalue weighted by atomic mass is 9.88. The van der Waals surface area contributed by atoms with Gasteiger partial charge in [-0.1, -0.05) is 6.42 Å². The van der Waals surface area contributed by atoms with E-state index in [4.69, 9.17) is 5.11 Å². The second-order valence-corrected chi connectivity index (χ2v) is 4.47. The van der Waals surface area contributed by atoms with Gasteiger partial charge in [0.2, 0.25) is 0 Å². The van der Waals surface area contributed by atoms with Crippen LogP contribution in [0.15, 0.2) is 18.2 Å². The predicted molar refractivity (Wildman–Crippen MR) is 59.2 cm³/mol. The largest absolute Gasteiger partial charge is 0.481 e. The highest BCUT2D eigenvalue weighted by Gasteiger charge is 2.38. The fourth-order valence-electron chi connectivity index (χ4n) is 2.46. The molecule has 0 amide bonds. The highest BCUT2D eigenvalue weighted by molar-refractivity contribution is 6.00. The fourth-order valence-corrected chi connectivity index (χ4v) is 2.46. The predicted octanol–water partition coefficient (Wildman–Crippen LogP) is 2.65. The van der Waals surface area contributed by atoms with E-state index in [-0.39, 0.29) is 5.56 Å². The summed E-state index contributed by atoms with van der Waals surface area (Å²) in [6.45, 7) is 0. The van der Waals surface area contributed by atoms with Crippen molar-refractivity contribution in [3.05, 3.63) is 35.4 Å². The van der Waals surface area contributed by atoms with Crippen LogP contribution in [0.1, 0.15) is 29.6 Å². The standard InChI is InChI=1S/C13H12F2O3/c14-7-4-5-11(15)10(6-7)12(16)8-2-1-3-9(8)13(17)18/h4-6,8-9H,1-3H2,(H,17,18). The van der Waals surface area contributed by atoms with Gasteiger partial charge in [-0.2, -0.15) is 0 Å². The van der Waals surface area contributed by atoms with E-state index in [9.17, 15) is 18.4 Å². The number of rotatable bonds is 3. The Balaban J connectivity index is 2.31. The summed E-state index contributed by atoms with van der Waals surface area (Å²) in [6, 6.07) is 2.64. The quantitative estimate of drug-likeness (QED) is 0.843. The smallest absolute Gasteiger partial charge is 0.307 e.